The fraction of sp³-hybridized carbons (Fsp3) is 0.375. The number of hydrogen-bond acceptors (Lipinski definition) is 8. The third-order valence-electron chi connectivity index (χ3n) is 5.89. The standard InChI is InChI=1S/C24H26N4O3S2/c1-29-18-10-11-19(21(13-18)30-2)23-25-16(14-32-23)15-33-24-27-26-22(20-9-6-12-31-20)28(24)17-7-4-3-5-8-17/h6,9-14,17H,3-5,7-8,15H2,1-2H3. The Labute approximate surface area is 201 Å². The van der Waals surface area contributed by atoms with E-state index in [0.29, 0.717) is 6.04 Å². The molecule has 1 saturated carbocycles. The van der Waals surface area contributed by atoms with E-state index in [2.05, 4.69) is 20.1 Å². The van der Waals surface area contributed by atoms with Crippen LogP contribution < -0.4 is 9.47 Å². The highest BCUT2D eigenvalue weighted by Gasteiger charge is 2.25. The van der Waals surface area contributed by atoms with Gasteiger partial charge in [-0.05, 0) is 37.1 Å². The van der Waals surface area contributed by atoms with E-state index in [1.807, 2.05) is 30.3 Å². The third kappa shape index (κ3) is 4.65. The topological polar surface area (TPSA) is 75.2 Å². The Kier molecular flexibility index (Phi) is 6.68. The van der Waals surface area contributed by atoms with Crippen molar-refractivity contribution in [1.82, 2.24) is 19.7 Å². The lowest BCUT2D eigenvalue weighted by Crippen LogP contribution is -2.15. The highest BCUT2D eigenvalue weighted by molar-refractivity contribution is 7.98. The van der Waals surface area contributed by atoms with Crippen LogP contribution in [0.4, 0.5) is 0 Å². The number of thiazole rings is 1. The summed E-state index contributed by atoms with van der Waals surface area (Å²) in [6.45, 7) is 0. The molecule has 1 aromatic carbocycles. The summed E-state index contributed by atoms with van der Waals surface area (Å²) in [5.41, 5.74) is 1.97. The van der Waals surface area contributed by atoms with Crippen LogP contribution in [0.25, 0.3) is 22.2 Å². The summed E-state index contributed by atoms with van der Waals surface area (Å²) in [5, 5.41) is 13.0. The Hall–Kier alpha value is -2.78. The highest BCUT2D eigenvalue weighted by Crippen LogP contribution is 2.38. The van der Waals surface area contributed by atoms with Gasteiger partial charge in [0.2, 0.25) is 5.82 Å². The van der Waals surface area contributed by atoms with E-state index in [9.17, 15) is 0 Å². The molecule has 1 aliphatic carbocycles. The van der Waals surface area contributed by atoms with Gasteiger partial charge < -0.3 is 13.9 Å². The maximum atomic E-state index is 5.65. The highest BCUT2D eigenvalue weighted by atomic mass is 32.2. The van der Waals surface area contributed by atoms with E-state index < -0.39 is 0 Å². The summed E-state index contributed by atoms with van der Waals surface area (Å²) in [5.74, 6) is 3.82. The van der Waals surface area contributed by atoms with Crippen LogP contribution >= 0.6 is 23.1 Å². The number of rotatable bonds is 8. The van der Waals surface area contributed by atoms with Crippen molar-refractivity contribution in [1.29, 1.82) is 0 Å². The summed E-state index contributed by atoms with van der Waals surface area (Å²) < 4.78 is 18.8. The first-order valence-corrected chi connectivity index (χ1v) is 12.9. The van der Waals surface area contributed by atoms with Crippen LogP contribution in [0.3, 0.4) is 0 Å². The second kappa shape index (κ2) is 10.0. The molecule has 33 heavy (non-hydrogen) atoms. The van der Waals surface area contributed by atoms with Crippen LogP contribution in [0, 0.1) is 0 Å². The number of ether oxygens (including phenoxy) is 2. The number of aromatic nitrogens is 4. The predicted octanol–water partition coefficient (Wildman–Crippen LogP) is 6.48. The maximum absolute atomic E-state index is 5.65. The van der Waals surface area contributed by atoms with Gasteiger partial charge in [0.25, 0.3) is 0 Å². The van der Waals surface area contributed by atoms with Crippen molar-refractivity contribution in [2.24, 2.45) is 0 Å². The molecule has 4 aromatic rings. The van der Waals surface area contributed by atoms with Crippen molar-refractivity contribution in [3.05, 3.63) is 47.7 Å². The Morgan fingerprint density at radius 2 is 2.00 bits per heavy atom. The SMILES string of the molecule is COc1ccc(-c2nc(CSc3nnc(-c4ccco4)n3C3CCCCC3)cs2)c(OC)c1. The summed E-state index contributed by atoms with van der Waals surface area (Å²) in [7, 11) is 3.31. The lowest BCUT2D eigenvalue weighted by atomic mass is 9.95. The number of nitrogens with zero attached hydrogens (tertiary/aromatic N) is 4. The first-order chi connectivity index (χ1) is 16.3. The molecule has 1 fully saturated rings. The molecule has 3 heterocycles. The summed E-state index contributed by atoms with van der Waals surface area (Å²) >= 11 is 3.29. The lowest BCUT2D eigenvalue weighted by Gasteiger charge is -2.25. The van der Waals surface area contributed by atoms with Crippen molar-refractivity contribution < 1.29 is 13.9 Å². The maximum Gasteiger partial charge on any atom is 0.200 e. The second-order valence-electron chi connectivity index (χ2n) is 7.94. The van der Waals surface area contributed by atoms with Crippen LogP contribution in [0.1, 0.15) is 43.8 Å². The van der Waals surface area contributed by atoms with E-state index in [-0.39, 0.29) is 0 Å². The molecule has 0 bridgehead atoms. The van der Waals surface area contributed by atoms with Crippen molar-refractivity contribution in [3.63, 3.8) is 0 Å². The Balaban J connectivity index is 1.37. The molecule has 0 amide bonds. The molecule has 5 rings (SSSR count). The third-order valence-corrected chi connectivity index (χ3v) is 7.79. The van der Waals surface area contributed by atoms with E-state index in [1.54, 1.807) is 43.6 Å². The molecule has 172 valence electrons. The Morgan fingerprint density at radius 3 is 2.76 bits per heavy atom. The fourth-order valence-electron chi connectivity index (χ4n) is 4.23. The van der Waals surface area contributed by atoms with Crippen LogP contribution in [-0.4, -0.2) is 34.0 Å². The largest absolute Gasteiger partial charge is 0.497 e. The van der Waals surface area contributed by atoms with Gasteiger partial charge in [0.1, 0.15) is 16.5 Å². The second-order valence-corrected chi connectivity index (χ2v) is 9.74. The minimum absolute atomic E-state index is 0.408. The molecule has 0 N–H and O–H groups in total. The normalized spacial score (nSPS) is 14.5. The molecule has 0 aliphatic heterocycles. The quantitative estimate of drug-likeness (QED) is 0.266. The average molecular weight is 483 g/mol. The van der Waals surface area contributed by atoms with Gasteiger partial charge >= 0.3 is 0 Å². The predicted molar refractivity (Wildman–Crippen MR) is 130 cm³/mol. The van der Waals surface area contributed by atoms with Crippen LogP contribution in [0.5, 0.6) is 11.5 Å². The molecule has 0 atom stereocenters. The van der Waals surface area contributed by atoms with Gasteiger partial charge in [-0.2, -0.15) is 0 Å². The number of hydrogen-bond donors (Lipinski definition) is 0. The van der Waals surface area contributed by atoms with E-state index in [1.165, 1.54) is 19.3 Å². The lowest BCUT2D eigenvalue weighted by molar-refractivity contribution is 0.337. The molecule has 9 heteroatoms. The summed E-state index contributed by atoms with van der Waals surface area (Å²) in [6, 6.07) is 10.1. The first-order valence-electron chi connectivity index (χ1n) is 11.0. The zero-order chi connectivity index (χ0) is 22.6. The van der Waals surface area contributed by atoms with E-state index >= 15 is 0 Å². The molecule has 1 aliphatic rings. The van der Waals surface area contributed by atoms with Crippen molar-refractivity contribution in [3.8, 4) is 33.7 Å². The zero-order valence-electron chi connectivity index (χ0n) is 18.7. The molecular weight excluding hydrogens is 456 g/mol. The number of benzene rings is 1. The van der Waals surface area contributed by atoms with Gasteiger partial charge in [-0.15, -0.1) is 21.5 Å². The summed E-state index contributed by atoms with van der Waals surface area (Å²) in [6.07, 6.45) is 7.77. The number of furan rings is 1. The van der Waals surface area contributed by atoms with Gasteiger partial charge in [0.05, 0.1) is 31.7 Å². The van der Waals surface area contributed by atoms with Crippen LogP contribution in [-0.2, 0) is 5.75 Å². The average Bonchev–Trinajstić information content (AvgIpc) is 3.63. The smallest absolute Gasteiger partial charge is 0.200 e. The molecule has 7 nitrogen and oxygen atoms in total. The van der Waals surface area contributed by atoms with Crippen LogP contribution in [0.15, 0.2) is 51.5 Å². The minimum atomic E-state index is 0.408. The molecule has 0 saturated heterocycles. The van der Waals surface area contributed by atoms with Gasteiger partial charge in [-0.1, -0.05) is 31.0 Å². The minimum Gasteiger partial charge on any atom is -0.497 e. The van der Waals surface area contributed by atoms with Crippen LogP contribution in [0.2, 0.25) is 0 Å². The van der Waals surface area contributed by atoms with Gasteiger partial charge in [0, 0.05) is 23.2 Å². The molecule has 0 unspecified atom stereocenters. The number of methoxy groups -OCH3 is 2. The van der Waals surface area contributed by atoms with Crippen molar-refractivity contribution in [2.75, 3.05) is 14.2 Å². The van der Waals surface area contributed by atoms with Gasteiger partial charge in [-0.3, -0.25) is 4.57 Å². The zero-order valence-corrected chi connectivity index (χ0v) is 20.3. The summed E-state index contributed by atoms with van der Waals surface area (Å²) in [4.78, 5) is 4.86. The molecule has 0 spiro atoms. The fourth-order valence-corrected chi connectivity index (χ4v) is 6.08. The van der Waals surface area contributed by atoms with Gasteiger partial charge in [0.15, 0.2) is 10.9 Å². The monoisotopic (exact) mass is 482 g/mol. The molecular formula is C24H26N4O3S2. The number of thioether (sulfide) groups is 1. The van der Waals surface area contributed by atoms with Gasteiger partial charge in [-0.25, -0.2) is 4.98 Å². The molecule has 3 aromatic heterocycles. The first kappa shape index (κ1) is 22.0. The van der Waals surface area contributed by atoms with Crippen molar-refractivity contribution in [2.45, 2.75) is 49.1 Å². The van der Waals surface area contributed by atoms with E-state index in [0.717, 1.165) is 63.1 Å². The van der Waals surface area contributed by atoms with E-state index in [4.69, 9.17) is 18.9 Å². The van der Waals surface area contributed by atoms with Crippen molar-refractivity contribution >= 4 is 23.1 Å². The molecule has 0 radical (unpaired) electrons. The Bertz CT molecular complexity index is 1200. The Morgan fingerprint density at radius 1 is 1.12 bits per heavy atom.